The van der Waals surface area contributed by atoms with Crippen molar-refractivity contribution in [1.82, 2.24) is 4.90 Å². The first-order valence-electron chi connectivity index (χ1n) is 11.3. The number of hydrogen-bond acceptors (Lipinski definition) is 6. The summed E-state index contributed by atoms with van der Waals surface area (Å²) in [6, 6.07) is 18.6. The van der Waals surface area contributed by atoms with Crippen molar-refractivity contribution < 1.29 is 19.2 Å². The molecule has 1 aliphatic heterocycles. The van der Waals surface area contributed by atoms with Crippen molar-refractivity contribution in [1.29, 1.82) is 0 Å². The van der Waals surface area contributed by atoms with Crippen molar-refractivity contribution in [2.75, 3.05) is 43.5 Å². The van der Waals surface area contributed by atoms with Crippen LogP contribution in [-0.2, 0) is 11.2 Å². The number of nitro benzene ring substituents is 1. The van der Waals surface area contributed by atoms with Gasteiger partial charge in [0.2, 0.25) is 5.91 Å². The van der Waals surface area contributed by atoms with Gasteiger partial charge in [-0.25, -0.2) is 0 Å². The van der Waals surface area contributed by atoms with E-state index in [4.69, 9.17) is 16.3 Å². The molecule has 9 nitrogen and oxygen atoms in total. The highest BCUT2D eigenvalue weighted by Gasteiger charge is 2.22. The molecule has 0 saturated carbocycles. The Kier molecular flexibility index (Phi) is 7.70. The highest BCUT2D eigenvalue weighted by molar-refractivity contribution is 6.34. The predicted molar refractivity (Wildman–Crippen MR) is 138 cm³/mol. The van der Waals surface area contributed by atoms with Gasteiger partial charge in [-0.05, 0) is 48.0 Å². The van der Waals surface area contributed by atoms with E-state index < -0.39 is 10.8 Å². The number of nitro groups is 1. The molecule has 186 valence electrons. The number of nitrogens with one attached hydrogen (secondary N) is 1. The smallest absolute Gasteiger partial charge is 0.270 e. The van der Waals surface area contributed by atoms with E-state index in [2.05, 4.69) is 10.2 Å². The van der Waals surface area contributed by atoms with Crippen LogP contribution in [0.3, 0.4) is 0 Å². The number of carbonyl (C=O) groups excluding carboxylic acids is 2. The van der Waals surface area contributed by atoms with Crippen LogP contribution >= 0.6 is 11.6 Å². The van der Waals surface area contributed by atoms with Gasteiger partial charge in [-0.3, -0.25) is 19.7 Å². The van der Waals surface area contributed by atoms with E-state index in [1.807, 2.05) is 41.3 Å². The highest BCUT2D eigenvalue weighted by atomic mass is 35.5. The van der Waals surface area contributed by atoms with Gasteiger partial charge in [-0.1, -0.05) is 23.7 Å². The third-order valence-corrected chi connectivity index (χ3v) is 6.36. The maximum absolute atomic E-state index is 12.7. The lowest BCUT2D eigenvalue weighted by molar-refractivity contribution is -0.384. The second-order valence-corrected chi connectivity index (χ2v) is 8.72. The van der Waals surface area contributed by atoms with Crippen LogP contribution in [0.5, 0.6) is 5.75 Å². The van der Waals surface area contributed by atoms with E-state index in [1.165, 1.54) is 12.1 Å². The summed E-state index contributed by atoms with van der Waals surface area (Å²) in [4.78, 5) is 39.6. The van der Waals surface area contributed by atoms with Gasteiger partial charge in [0.15, 0.2) is 0 Å². The second-order valence-electron chi connectivity index (χ2n) is 8.31. The summed E-state index contributed by atoms with van der Waals surface area (Å²) in [5, 5.41) is 13.6. The zero-order valence-electron chi connectivity index (χ0n) is 19.6. The zero-order valence-corrected chi connectivity index (χ0v) is 20.4. The molecule has 0 aromatic heterocycles. The Morgan fingerprint density at radius 1 is 1.00 bits per heavy atom. The average Bonchev–Trinajstić information content (AvgIpc) is 2.89. The summed E-state index contributed by atoms with van der Waals surface area (Å²) in [5.74, 6) is 0.412. The van der Waals surface area contributed by atoms with Gasteiger partial charge in [-0.15, -0.1) is 0 Å². The van der Waals surface area contributed by atoms with Crippen LogP contribution in [-0.4, -0.2) is 54.9 Å². The minimum atomic E-state index is -0.567. The Morgan fingerprint density at radius 2 is 1.67 bits per heavy atom. The highest BCUT2D eigenvalue weighted by Crippen LogP contribution is 2.25. The number of carbonyl (C=O) groups is 2. The number of halogens is 1. The third kappa shape index (κ3) is 5.92. The van der Waals surface area contributed by atoms with Gasteiger partial charge in [0.1, 0.15) is 5.75 Å². The van der Waals surface area contributed by atoms with Crippen LogP contribution in [0.25, 0.3) is 0 Å². The quantitative estimate of drug-likeness (QED) is 0.374. The van der Waals surface area contributed by atoms with Crippen LogP contribution in [0.1, 0.15) is 15.9 Å². The lowest BCUT2D eigenvalue weighted by Gasteiger charge is -2.36. The van der Waals surface area contributed by atoms with E-state index in [0.29, 0.717) is 38.3 Å². The van der Waals surface area contributed by atoms with Crippen molar-refractivity contribution in [3.63, 3.8) is 0 Å². The van der Waals surface area contributed by atoms with E-state index in [1.54, 1.807) is 19.2 Å². The maximum atomic E-state index is 12.7. The number of methoxy groups -OCH3 is 1. The molecule has 0 aliphatic carbocycles. The van der Waals surface area contributed by atoms with E-state index in [0.717, 1.165) is 23.1 Å². The molecule has 10 heteroatoms. The molecule has 36 heavy (non-hydrogen) atoms. The number of benzene rings is 3. The molecular formula is C26H25ClN4O5. The number of rotatable bonds is 7. The molecular weight excluding hydrogens is 484 g/mol. The van der Waals surface area contributed by atoms with Crippen LogP contribution in [0, 0.1) is 10.1 Å². The van der Waals surface area contributed by atoms with Crippen LogP contribution in [0.4, 0.5) is 17.1 Å². The molecule has 0 radical (unpaired) electrons. The van der Waals surface area contributed by atoms with Crippen molar-refractivity contribution in [3.05, 3.63) is 93.0 Å². The first kappa shape index (κ1) is 25.0. The number of nitrogens with zero attached hydrogens (tertiary/aromatic N) is 3. The Morgan fingerprint density at radius 3 is 2.25 bits per heavy atom. The van der Waals surface area contributed by atoms with Gasteiger partial charge < -0.3 is 19.9 Å². The molecule has 0 unspecified atom stereocenters. The molecule has 1 saturated heterocycles. The summed E-state index contributed by atoms with van der Waals surface area (Å²) in [5.41, 5.74) is 2.50. The van der Waals surface area contributed by atoms with Gasteiger partial charge in [-0.2, -0.15) is 0 Å². The first-order valence-corrected chi connectivity index (χ1v) is 11.7. The lowest BCUT2D eigenvalue weighted by Crippen LogP contribution is -2.49. The fourth-order valence-corrected chi connectivity index (χ4v) is 4.26. The fraction of sp³-hybridized carbons (Fsp3) is 0.231. The molecule has 2 amide bonds. The molecule has 1 heterocycles. The second kappa shape index (κ2) is 11.1. The normalized spacial score (nSPS) is 13.3. The Balaban J connectivity index is 1.30. The summed E-state index contributed by atoms with van der Waals surface area (Å²) in [7, 11) is 1.61. The summed E-state index contributed by atoms with van der Waals surface area (Å²) < 4.78 is 5.16. The monoisotopic (exact) mass is 508 g/mol. The summed E-state index contributed by atoms with van der Waals surface area (Å²) in [6.07, 6.45) is 0.358. The van der Waals surface area contributed by atoms with Gasteiger partial charge in [0.05, 0.1) is 29.0 Å². The van der Waals surface area contributed by atoms with E-state index in [9.17, 15) is 19.7 Å². The van der Waals surface area contributed by atoms with Crippen LogP contribution in [0.2, 0.25) is 5.02 Å². The Labute approximate surface area is 213 Å². The molecule has 0 spiro atoms. The predicted octanol–water partition coefficient (Wildman–Crippen LogP) is 4.40. The van der Waals surface area contributed by atoms with E-state index >= 15 is 0 Å². The number of ether oxygens (including phenoxy) is 1. The topological polar surface area (TPSA) is 105 Å². The number of non-ortho nitro benzene ring substituents is 1. The SMILES string of the molecule is COc1ccc(CC(=O)N2CCN(c3ccc(NC(=O)c4ccc([N+](=O)[O-])cc4Cl)cc3)CC2)cc1. The number of anilines is 2. The van der Waals surface area contributed by atoms with Crippen molar-refractivity contribution in [2.45, 2.75) is 6.42 Å². The fourth-order valence-electron chi connectivity index (χ4n) is 4.00. The van der Waals surface area contributed by atoms with Crippen molar-refractivity contribution >= 4 is 40.5 Å². The van der Waals surface area contributed by atoms with Gasteiger partial charge in [0.25, 0.3) is 11.6 Å². The molecule has 3 aromatic rings. The largest absolute Gasteiger partial charge is 0.497 e. The molecule has 4 rings (SSSR count). The summed E-state index contributed by atoms with van der Waals surface area (Å²) in [6.45, 7) is 2.68. The third-order valence-electron chi connectivity index (χ3n) is 6.05. The molecule has 0 bridgehead atoms. The number of amides is 2. The molecule has 0 atom stereocenters. The summed E-state index contributed by atoms with van der Waals surface area (Å²) >= 11 is 6.05. The van der Waals surface area contributed by atoms with Crippen molar-refractivity contribution in [2.24, 2.45) is 0 Å². The van der Waals surface area contributed by atoms with Crippen LogP contribution < -0.4 is 15.0 Å². The minimum Gasteiger partial charge on any atom is -0.497 e. The lowest BCUT2D eigenvalue weighted by atomic mass is 10.1. The number of hydrogen-bond donors (Lipinski definition) is 1. The van der Waals surface area contributed by atoms with Crippen LogP contribution in [0.15, 0.2) is 66.7 Å². The first-order chi connectivity index (χ1) is 17.3. The maximum Gasteiger partial charge on any atom is 0.270 e. The van der Waals surface area contributed by atoms with E-state index in [-0.39, 0.29) is 22.2 Å². The molecule has 1 aliphatic rings. The average molecular weight is 509 g/mol. The minimum absolute atomic E-state index is 0.0118. The standard InChI is InChI=1S/C26H25ClN4O5/c1-36-22-9-2-18(3-10-22)16-25(32)30-14-12-29(13-15-30)20-6-4-19(5-7-20)28-26(33)23-11-8-21(31(34)35)17-24(23)27/h2-11,17H,12-16H2,1H3,(H,28,33). The van der Waals surface area contributed by atoms with Crippen molar-refractivity contribution in [3.8, 4) is 5.75 Å². The molecule has 3 aromatic carbocycles. The molecule has 1 fully saturated rings. The number of piperazine rings is 1. The zero-order chi connectivity index (χ0) is 25.7. The van der Waals surface area contributed by atoms with Gasteiger partial charge in [0, 0.05) is 49.7 Å². The van der Waals surface area contributed by atoms with Gasteiger partial charge >= 0.3 is 0 Å². The Bertz CT molecular complexity index is 1260. The Hall–Kier alpha value is -4.11. The molecule has 1 N–H and O–H groups in total.